The van der Waals surface area contributed by atoms with E-state index in [1.165, 1.54) is 87.6 Å². The molecule has 0 aliphatic rings. The largest absolute Gasteiger partial charge is 0.456 e. The molecule has 0 N–H and O–H groups in total. The molecule has 0 aliphatic carbocycles. The Hall–Kier alpha value is -4.82. The lowest BCUT2D eigenvalue weighted by molar-refractivity contribution is 0.669. The fourth-order valence-electron chi connectivity index (χ4n) is 7.41. The van der Waals surface area contributed by atoms with Crippen LogP contribution in [0.2, 0.25) is 0 Å². The van der Waals surface area contributed by atoms with Gasteiger partial charge in [0.05, 0.1) is 0 Å². The Morgan fingerprint density at radius 1 is 0.364 bits per heavy atom. The van der Waals surface area contributed by atoms with Crippen LogP contribution in [-0.4, -0.2) is 39.2 Å². The molecule has 6 heteroatoms. The fraction of sp³-hybridized carbons (Fsp3) is 0. The molecule has 7 aromatic carbocycles. The van der Waals surface area contributed by atoms with E-state index in [4.69, 9.17) is 4.42 Å². The second kappa shape index (κ2) is 10.1. The van der Waals surface area contributed by atoms with E-state index in [0.29, 0.717) is 0 Å². The van der Waals surface area contributed by atoms with Crippen LogP contribution in [0.4, 0.5) is 0 Å². The monoisotopic (exact) mass is 556 g/mol. The number of furan rings is 1. The molecule has 0 saturated carbocycles. The Morgan fingerprint density at radius 3 is 1.66 bits per heavy atom. The van der Waals surface area contributed by atoms with Gasteiger partial charge in [-0.15, -0.1) is 16.4 Å². The summed E-state index contributed by atoms with van der Waals surface area (Å²) in [5.41, 5.74) is 16.3. The third-order valence-electron chi connectivity index (χ3n) is 10.1. The summed E-state index contributed by atoms with van der Waals surface area (Å²) in [4.78, 5) is 0. The minimum Gasteiger partial charge on any atom is -0.456 e. The van der Waals surface area contributed by atoms with Gasteiger partial charge in [-0.1, -0.05) is 108 Å². The van der Waals surface area contributed by atoms with E-state index >= 15 is 0 Å². The summed E-state index contributed by atoms with van der Waals surface area (Å²) in [5.74, 6) is 0. The van der Waals surface area contributed by atoms with Gasteiger partial charge in [0.1, 0.15) is 50.4 Å². The molecular weight excluding hydrogens is 526 g/mol. The lowest BCUT2D eigenvalue weighted by Crippen LogP contribution is -2.55. The van der Waals surface area contributed by atoms with Crippen LogP contribution in [0.3, 0.4) is 0 Å². The summed E-state index contributed by atoms with van der Waals surface area (Å²) in [5, 5.41) is 7.39. The number of hydrogen-bond acceptors (Lipinski definition) is 1. The van der Waals surface area contributed by atoms with Crippen LogP contribution < -0.4 is 27.3 Å². The number of para-hydroxylation sites is 1. The molecule has 0 spiro atoms. The molecule has 0 unspecified atom stereocenters. The highest BCUT2D eigenvalue weighted by molar-refractivity contribution is 6.69. The molecule has 8 rings (SSSR count). The van der Waals surface area contributed by atoms with Gasteiger partial charge in [-0.05, 0) is 73.1 Å². The maximum absolute atomic E-state index is 6.38. The molecule has 0 fully saturated rings. The maximum Gasteiger partial charge on any atom is 0.139 e. The predicted molar refractivity (Wildman–Crippen MR) is 206 cm³/mol. The third-order valence-corrected chi connectivity index (χ3v) is 10.1. The molecule has 0 radical (unpaired) electrons. The summed E-state index contributed by atoms with van der Waals surface area (Å²) < 4.78 is 6.38. The van der Waals surface area contributed by atoms with Crippen molar-refractivity contribution in [1.29, 1.82) is 0 Å². The number of fused-ring (bicyclic) bond motifs is 5. The van der Waals surface area contributed by atoms with Crippen LogP contribution in [0, 0.1) is 0 Å². The fourth-order valence-corrected chi connectivity index (χ4v) is 7.41. The summed E-state index contributed by atoms with van der Waals surface area (Å²) in [7, 11) is 11.4. The van der Waals surface area contributed by atoms with Crippen LogP contribution in [0.5, 0.6) is 0 Å². The molecule has 0 bridgehead atoms. The van der Waals surface area contributed by atoms with Crippen molar-refractivity contribution in [2.24, 2.45) is 0 Å². The van der Waals surface area contributed by atoms with Crippen molar-refractivity contribution >= 4 is 110 Å². The SMILES string of the molecule is Bc1c(B)c(B)c(-c2c3ccccc3c(-c3cccc4oc5ccccc5c34)c3ccc(-c4ccccc4)cc23)c(B)c1B. The molecule has 44 heavy (non-hydrogen) atoms. The summed E-state index contributed by atoms with van der Waals surface area (Å²) in [6.45, 7) is 0. The number of rotatable bonds is 3. The third kappa shape index (κ3) is 3.87. The van der Waals surface area contributed by atoms with Crippen molar-refractivity contribution in [3.05, 3.63) is 115 Å². The first-order valence-corrected chi connectivity index (χ1v) is 15.5. The first kappa shape index (κ1) is 26.8. The van der Waals surface area contributed by atoms with Crippen molar-refractivity contribution in [1.82, 2.24) is 0 Å². The van der Waals surface area contributed by atoms with Gasteiger partial charge in [-0.3, -0.25) is 0 Å². The first-order chi connectivity index (χ1) is 21.4. The first-order valence-electron chi connectivity index (χ1n) is 15.5. The lowest BCUT2D eigenvalue weighted by atomic mass is 9.59. The Kier molecular flexibility index (Phi) is 6.17. The summed E-state index contributed by atoms with van der Waals surface area (Å²) in [6, 6.07) is 41.7. The van der Waals surface area contributed by atoms with Crippen LogP contribution in [0.15, 0.2) is 120 Å². The highest BCUT2D eigenvalue weighted by atomic mass is 16.3. The normalized spacial score (nSPS) is 11.6. The van der Waals surface area contributed by atoms with Crippen LogP contribution >= 0.6 is 0 Å². The van der Waals surface area contributed by atoms with Gasteiger partial charge in [0.2, 0.25) is 0 Å². The minimum absolute atomic E-state index is 0.919. The van der Waals surface area contributed by atoms with Crippen LogP contribution in [-0.2, 0) is 0 Å². The highest BCUT2D eigenvalue weighted by Crippen LogP contribution is 2.47. The molecule has 8 aromatic rings. The standard InChI is InChI=1S/C38H29B5O/c39-34-33(35(40)37(42)38(43)36(34)41)32-23-12-5-4-11-22(23)30(24-18-17-21(19-27(24)32)20-9-2-1-3-10-20)26-14-8-16-29-31(26)25-13-6-7-15-28(25)44-29/h1-19H,39-43H2. The number of hydrogen-bond donors (Lipinski definition) is 0. The van der Waals surface area contributed by atoms with Gasteiger partial charge < -0.3 is 4.42 Å². The lowest BCUT2D eigenvalue weighted by Gasteiger charge is -2.25. The molecule has 0 atom stereocenters. The summed E-state index contributed by atoms with van der Waals surface area (Å²) >= 11 is 0. The predicted octanol–water partition coefficient (Wildman–Crippen LogP) is 2.19. The Morgan fingerprint density at radius 2 is 0.932 bits per heavy atom. The van der Waals surface area contributed by atoms with Gasteiger partial charge in [-0.2, -0.15) is 0 Å². The minimum atomic E-state index is 0.919. The van der Waals surface area contributed by atoms with Crippen molar-refractivity contribution in [2.45, 2.75) is 0 Å². The van der Waals surface area contributed by atoms with E-state index in [0.717, 1.165) is 16.6 Å². The van der Waals surface area contributed by atoms with E-state index in [2.05, 4.69) is 148 Å². The second-order valence-corrected chi connectivity index (χ2v) is 12.2. The molecule has 1 nitrogen and oxygen atoms in total. The van der Waals surface area contributed by atoms with Crippen molar-refractivity contribution in [3.63, 3.8) is 0 Å². The van der Waals surface area contributed by atoms with Gasteiger partial charge in [-0.25, -0.2) is 0 Å². The molecule has 0 saturated heterocycles. The quantitative estimate of drug-likeness (QED) is 0.241. The van der Waals surface area contributed by atoms with E-state index in [1.54, 1.807) is 0 Å². The molecular formula is C38H29B5O. The van der Waals surface area contributed by atoms with E-state index in [-0.39, 0.29) is 0 Å². The van der Waals surface area contributed by atoms with Crippen LogP contribution in [0.25, 0.3) is 76.9 Å². The van der Waals surface area contributed by atoms with Gasteiger partial charge in [0.25, 0.3) is 0 Å². The molecule has 202 valence electrons. The zero-order valence-corrected chi connectivity index (χ0v) is 25.9. The topological polar surface area (TPSA) is 13.1 Å². The average molecular weight is 556 g/mol. The summed E-state index contributed by atoms with van der Waals surface area (Å²) in [6.07, 6.45) is 0. The molecule has 1 aromatic heterocycles. The van der Waals surface area contributed by atoms with Crippen molar-refractivity contribution in [3.8, 4) is 33.4 Å². The van der Waals surface area contributed by atoms with Crippen molar-refractivity contribution in [2.75, 3.05) is 0 Å². The molecule has 0 aliphatic heterocycles. The maximum atomic E-state index is 6.38. The van der Waals surface area contributed by atoms with Gasteiger partial charge in [0.15, 0.2) is 0 Å². The van der Waals surface area contributed by atoms with Crippen molar-refractivity contribution < 1.29 is 4.42 Å². The molecule has 1 heterocycles. The Bertz CT molecular complexity index is 2410. The Balaban J connectivity index is 1.60. The van der Waals surface area contributed by atoms with E-state index in [1.807, 2.05) is 6.07 Å². The zero-order chi connectivity index (χ0) is 30.1. The van der Waals surface area contributed by atoms with Gasteiger partial charge >= 0.3 is 0 Å². The van der Waals surface area contributed by atoms with Gasteiger partial charge in [0, 0.05) is 10.8 Å². The Labute approximate surface area is 262 Å². The average Bonchev–Trinajstić information content (AvgIpc) is 3.45. The molecule has 0 amide bonds. The van der Waals surface area contributed by atoms with E-state index < -0.39 is 0 Å². The van der Waals surface area contributed by atoms with E-state index in [9.17, 15) is 0 Å². The highest BCUT2D eigenvalue weighted by Gasteiger charge is 2.23. The zero-order valence-electron chi connectivity index (χ0n) is 25.9. The number of benzene rings is 7. The smallest absolute Gasteiger partial charge is 0.139 e. The second-order valence-electron chi connectivity index (χ2n) is 12.2. The van der Waals surface area contributed by atoms with Crippen LogP contribution in [0.1, 0.15) is 0 Å².